The molecule has 0 N–H and O–H groups in total. The zero-order valence-corrected chi connectivity index (χ0v) is 9.95. The molecule has 0 fully saturated rings. The highest BCUT2D eigenvalue weighted by Gasteiger charge is 2.10. The third kappa shape index (κ3) is 3.74. The average molecular weight is 262 g/mol. The van der Waals surface area contributed by atoms with E-state index in [1.807, 2.05) is 12.1 Å². The Bertz CT molecular complexity index is 575. The van der Waals surface area contributed by atoms with E-state index in [0.29, 0.717) is 6.42 Å². The summed E-state index contributed by atoms with van der Waals surface area (Å²) in [5.74, 6) is -0.551. The number of non-ortho nitro benzene ring substituents is 1. The number of pyridine rings is 1. The van der Waals surface area contributed by atoms with Crippen LogP contribution in [0.4, 0.5) is 10.1 Å². The summed E-state index contributed by atoms with van der Waals surface area (Å²) in [6.45, 7) is 0.275. The zero-order valence-electron chi connectivity index (χ0n) is 9.95. The molecule has 0 aliphatic heterocycles. The van der Waals surface area contributed by atoms with Crippen molar-refractivity contribution in [2.45, 2.75) is 6.42 Å². The van der Waals surface area contributed by atoms with Crippen LogP contribution in [0.2, 0.25) is 0 Å². The normalized spacial score (nSPS) is 10.2. The number of hydrogen-bond acceptors (Lipinski definition) is 4. The van der Waals surface area contributed by atoms with Gasteiger partial charge in [0.2, 0.25) is 0 Å². The minimum atomic E-state index is -0.693. The van der Waals surface area contributed by atoms with Crippen LogP contribution < -0.4 is 4.74 Å². The van der Waals surface area contributed by atoms with Crippen LogP contribution in [0.1, 0.15) is 5.69 Å². The molecule has 0 radical (unpaired) electrons. The maximum Gasteiger partial charge on any atom is 0.276 e. The van der Waals surface area contributed by atoms with Crippen LogP contribution in [0.3, 0.4) is 0 Å². The lowest BCUT2D eigenvalue weighted by molar-refractivity contribution is -0.385. The number of halogens is 1. The molecule has 5 nitrogen and oxygen atoms in total. The van der Waals surface area contributed by atoms with Crippen LogP contribution in [0.25, 0.3) is 0 Å². The zero-order chi connectivity index (χ0) is 13.7. The summed E-state index contributed by atoms with van der Waals surface area (Å²) in [5, 5.41) is 10.6. The molecule has 0 atom stereocenters. The van der Waals surface area contributed by atoms with Gasteiger partial charge in [0.1, 0.15) is 11.6 Å². The molecule has 98 valence electrons. The first-order chi connectivity index (χ1) is 9.15. The third-order valence-corrected chi connectivity index (χ3v) is 2.42. The highest BCUT2D eigenvalue weighted by atomic mass is 19.1. The highest BCUT2D eigenvalue weighted by molar-refractivity contribution is 5.38. The number of nitro benzene ring substituents is 1. The van der Waals surface area contributed by atoms with Gasteiger partial charge in [0.25, 0.3) is 5.69 Å². The first-order valence-electron chi connectivity index (χ1n) is 5.63. The topological polar surface area (TPSA) is 65.3 Å². The number of ether oxygens (including phenoxy) is 1. The van der Waals surface area contributed by atoms with Gasteiger partial charge in [-0.15, -0.1) is 0 Å². The monoisotopic (exact) mass is 262 g/mol. The SMILES string of the molecule is O=[N+]([O-])c1cc(F)cc(OCCc2ccccn2)c1. The number of nitrogens with zero attached hydrogens (tertiary/aromatic N) is 2. The Kier molecular flexibility index (Phi) is 4.02. The lowest BCUT2D eigenvalue weighted by atomic mass is 10.3. The summed E-state index contributed by atoms with van der Waals surface area (Å²) >= 11 is 0. The van der Waals surface area contributed by atoms with Crippen LogP contribution in [-0.2, 0) is 6.42 Å². The summed E-state index contributed by atoms with van der Waals surface area (Å²) < 4.78 is 18.4. The van der Waals surface area contributed by atoms with Gasteiger partial charge in [-0.25, -0.2) is 4.39 Å². The van der Waals surface area contributed by atoms with E-state index in [0.717, 1.165) is 17.8 Å². The first kappa shape index (κ1) is 12.9. The van der Waals surface area contributed by atoms with Gasteiger partial charge in [0.15, 0.2) is 0 Å². The largest absolute Gasteiger partial charge is 0.493 e. The number of aromatic nitrogens is 1. The van der Waals surface area contributed by atoms with E-state index in [2.05, 4.69) is 4.98 Å². The molecule has 19 heavy (non-hydrogen) atoms. The molecule has 1 heterocycles. The summed E-state index contributed by atoms with van der Waals surface area (Å²) in [4.78, 5) is 14.0. The second kappa shape index (κ2) is 5.90. The first-order valence-corrected chi connectivity index (χ1v) is 5.63. The van der Waals surface area contributed by atoms with Gasteiger partial charge < -0.3 is 4.74 Å². The molecule has 6 heteroatoms. The van der Waals surface area contributed by atoms with Crippen molar-refractivity contribution in [2.75, 3.05) is 6.61 Å². The predicted octanol–water partition coefficient (Wildman–Crippen LogP) is 2.75. The fourth-order valence-corrected chi connectivity index (χ4v) is 1.56. The van der Waals surface area contributed by atoms with E-state index < -0.39 is 10.7 Å². The lowest BCUT2D eigenvalue weighted by Gasteiger charge is -2.05. The fourth-order valence-electron chi connectivity index (χ4n) is 1.56. The van der Waals surface area contributed by atoms with Gasteiger partial charge in [-0.3, -0.25) is 15.1 Å². The minimum Gasteiger partial charge on any atom is -0.493 e. The van der Waals surface area contributed by atoms with Crippen molar-refractivity contribution in [3.63, 3.8) is 0 Å². The highest BCUT2D eigenvalue weighted by Crippen LogP contribution is 2.21. The molecule has 2 aromatic rings. The van der Waals surface area contributed by atoms with Crippen molar-refractivity contribution in [1.82, 2.24) is 4.98 Å². The van der Waals surface area contributed by atoms with Gasteiger partial charge in [-0.05, 0) is 12.1 Å². The maximum absolute atomic E-state index is 13.1. The van der Waals surface area contributed by atoms with E-state index in [1.54, 1.807) is 12.3 Å². The van der Waals surface area contributed by atoms with Crippen molar-refractivity contribution in [3.8, 4) is 5.75 Å². The Labute approximate surface area is 108 Å². The summed E-state index contributed by atoms with van der Waals surface area (Å²) in [7, 11) is 0. The second-order valence-corrected chi connectivity index (χ2v) is 3.82. The molecule has 2 rings (SSSR count). The number of rotatable bonds is 5. The van der Waals surface area contributed by atoms with Gasteiger partial charge in [0.05, 0.1) is 23.7 Å². The van der Waals surface area contributed by atoms with Gasteiger partial charge in [-0.1, -0.05) is 6.07 Å². The van der Waals surface area contributed by atoms with Crippen molar-refractivity contribution >= 4 is 5.69 Å². The number of hydrogen-bond donors (Lipinski definition) is 0. The fraction of sp³-hybridized carbons (Fsp3) is 0.154. The number of benzene rings is 1. The Morgan fingerprint density at radius 3 is 2.84 bits per heavy atom. The molecule has 1 aromatic carbocycles. The van der Waals surface area contributed by atoms with Crippen molar-refractivity contribution in [2.24, 2.45) is 0 Å². The van der Waals surface area contributed by atoms with Crippen LogP contribution >= 0.6 is 0 Å². The van der Waals surface area contributed by atoms with E-state index in [4.69, 9.17) is 4.74 Å². The smallest absolute Gasteiger partial charge is 0.276 e. The standard InChI is InChI=1S/C13H11FN2O3/c14-10-7-12(16(17)18)9-13(8-10)19-6-4-11-3-1-2-5-15-11/h1-3,5,7-9H,4,6H2. The molecule has 1 aromatic heterocycles. The predicted molar refractivity (Wildman–Crippen MR) is 66.5 cm³/mol. The molecule has 0 saturated heterocycles. The van der Waals surface area contributed by atoms with Gasteiger partial charge in [0, 0.05) is 24.4 Å². The molecule has 0 amide bonds. The van der Waals surface area contributed by atoms with Gasteiger partial charge >= 0.3 is 0 Å². The third-order valence-electron chi connectivity index (χ3n) is 2.42. The van der Waals surface area contributed by atoms with Crippen LogP contribution in [0.15, 0.2) is 42.6 Å². The lowest BCUT2D eigenvalue weighted by Crippen LogP contribution is -2.03. The Morgan fingerprint density at radius 2 is 2.16 bits per heavy atom. The summed E-state index contributed by atoms with van der Waals surface area (Å²) in [5.41, 5.74) is 0.515. The summed E-state index contributed by atoms with van der Waals surface area (Å²) in [6.07, 6.45) is 2.22. The van der Waals surface area contributed by atoms with E-state index in [9.17, 15) is 14.5 Å². The Balaban J connectivity index is 1.98. The van der Waals surface area contributed by atoms with Crippen LogP contribution in [0, 0.1) is 15.9 Å². The van der Waals surface area contributed by atoms with E-state index in [1.165, 1.54) is 6.07 Å². The molecular formula is C13H11FN2O3. The van der Waals surface area contributed by atoms with Crippen LogP contribution in [-0.4, -0.2) is 16.5 Å². The average Bonchev–Trinajstić information content (AvgIpc) is 2.39. The molecule has 0 aliphatic rings. The molecule has 0 saturated carbocycles. The van der Waals surface area contributed by atoms with Crippen molar-refractivity contribution in [1.29, 1.82) is 0 Å². The Hall–Kier alpha value is -2.50. The van der Waals surface area contributed by atoms with Crippen molar-refractivity contribution in [3.05, 3.63) is 64.2 Å². The molecule has 0 aliphatic carbocycles. The minimum absolute atomic E-state index is 0.141. The number of nitro groups is 1. The Morgan fingerprint density at radius 1 is 1.32 bits per heavy atom. The van der Waals surface area contributed by atoms with Gasteiger partial charge in [-0.2, -0.15) is 0 Å². The second-order valence-electron chi connectivity index (χ2n) is 3.82. The summed E-state index contributed by atoms with van der Waals surface area (Å²) in [6, 6.07) is 8.67. The van der Waals surface area contributed by atoms with E-state index >= 15 is 0 Å². The van der Waals surface area contributed by atoms with E-state index in [-0.39, 0.29) is 18.0 Å². The molecule has 0 spiro atoms. The molecule has 0 bridgehead atoms. The molecule has 0 unspecified atom stereocenters. The molecular weight excluding hydrogens is 251 g/mol. The van der Waals surface area contributed by atoms with Crippen molar-refractivity contribution < 1.29 is 14.1 Å². The quantitative estimate of drug-likeness (QED) is 0.614. The van der Waals surface area contributed by atoms with Crippen LogP contribution in [0.5, 0.6) is 5.75 Å². The maximum atomic E-state index is 13.1.